The van der Waals surface area contributed by atoms with Crippen LogP contribution >= 0.6 is 0 Å². The monoisotopic (exact) mass is 335 g/mol. The number of aromatic nitrogens is 2. The zero-order chi connectivity index (χ0) is 17.4. The van der Waals surface area contributed by atoms with Gasteiger partial charge in [0.2, 0.25) is 5.95 Å². The van der Waals surface area contributed by atoms with E-state index in [1.807, 2.05) is 6.92 Å². The molecule has 0 aromatic carbocycles. The van der Waals surface area contributed by atoms with Gasteiger partial charge in [-0.15, -0.1) is 0 Å². The molecule has 1 N–H and O–H groups in total. The molecule has 7 nitrogen and oxygen atoms in total. The number of nitrogens with one attached hydrogen (secondary N) is 1. The summed E-state index contributed by atoms with van der Waals surface area (Å²) in [6, 6.07) is 1.74. The van der Waals surface area contributed by atoms with E-state index >= 15 is 0 Å². The molecule has 2 heterocycles. The van der Waals surface area contributed by atoms with Gasteiger partial charge in [0.1, 0.15) is 5.69 Å². The molecule has 7 heteroatoms. The van der Waals surface area contributed by atoms with Gasteiger partial charge in [0.05, 0.1) is 13.2 Å². The molecule has 0 spiro atoms. The Kier molecular flexibility index (Phi) is 7.39. The van der Waals surface area contributed by atoms with Crippen molar-refractivity contribution in [2.45, 2.75) is 27.2 Å². The molecule has 0 atom stereocenters. The van der Waals surface area contributed by atoms with Crippen LogP contribution in [0.15, 0.2) is 6.07 Å². The summed E-state index contributed by atoms with van der Waals surface area (Å²) in [7, 11) is 0. The number of nitrogens with zero attached hydrogens (tertiary/aromatic N) is 4. The number of aryl methyl sites for hydroxylation is 1. The highest BCUT2D eigenvalue weighted by molar-refractivity contribution is 5.92. The van der Waals surface area contributed by atoms with Crippen LogP contribution in [0.3, 0.4) is 0 Å². The van der Waals surface area contributed by atoms with Gasteiger partial charge in [0, 0.05) is 25.3 Å². The van der Waals surface area contributed by atoms with Crippen molar-refractivity contribution in [3.05, 3.63) is 17.5 Å². The quantitative estimate of drug-likeness (QED) is 0.717. The molecule has 1 aliphatic rings. The highest BCUT2D eigenvalue weighted by Gasteiger charge is 2.17. The standard InChI is InChI=1S/C17H29N5O2/c1-4-21(5-2)8-6-7-18-16(23)15-13-14(3)19-17(20-15)22-9-11-24-12-10-22/h13H,4-12H2,1-3H3,(H,18,23). The predicted molar refractivity (Wildman–Crippen MR) is 94.5 cm³/mol. The van der Waals surface area contributed by atoms with E-state index < -0.39 is 0 Å². The van der Waals surface area contributed by atoms with E-state index in [-0.39, 0.29) is 5.91 Å². The first-order valence-electron chi connectivity index (χ1n) is 8.83. The number of morpholine rings is 1. The van der Waals surface area contributed by atoms with Crippen molar-refractivity contribution in [1.82, 2.24) is 20.2 Å². The average molecular weight is 335 g/mol. The molecule has 1 aliphatic heterocycles. The second kappa shape index (κ2) is 9.54. The molecule has 24 heavy (non-hydrogen) atoms. The molecule has 134 valence electrons. The SMILES string of the molecule is CCN(CC)CCCNC(=O)c1cc(C)nc(N2CCOCC2)n1. The smallest absolute Gasteiger partial charge is 0.270 e. The van der Waals surface area contributed by atoms with Gasteiger partial charge in [-0.3, -0.25) is 4.79 Å². The summed E-state index contributed by atoms with van der Waals surface area (Å²) in [5.74, 6) is 0.487. The number of hydrogen-bond acceptors (Lipinski definition) is 6. The fourth-order valence-corrected chi connectivity index (χ4v) is 2.71. The van der Waals surface area contributed by atoms with Crippen LogP contribution in [0, 0.1) is 6.92 Å². The van der Waals surface area contributed by atoms with E-state index in [0.29, 0.717) is 31.4 Å². The largest absolute Gasteiger partial charge is 0.378 e. The number of amides is 1. The molecule has 1 aromatic heterocycles. The Morgan fingerprint density at radius 3 is 2.67 bits per heavy atom. The third-order valence-corrected chi connectivity index (χ3v) is 4.20. The first kappa shape index (κ1) is 18.6. The number of carbonyl (C=O) groups excluding carboxylic acids is 1. The van der Waals surface area contributed by atoms with Gasteiger partial charge in [0.25, 0.3) is 5.91 Å². The molecular formula is C17H29N5O2. The van der Waals surface area contributed by atoms with Crippen molar-refractivity contribution in [3.8, 4) is 0 Å². The normalized spacial score (nSPS) is 14.9. The van der Waals surface area contributed by atoms with Gasteiger partial charge < -0.3 is 19.9 Å². The number of carbonyl (C=O) groups is 1. The fraction of sp³-hybridized carbons (Fsp3) is 0.706. The summed E-state index contributed by atoms with van der Waals surface area (Å²) in [6.07, 6.45) is 0.938. The number of hydrogen-bond donors (Lipinski definition) is 1. The van der Waals surface area contributed by atoms with E-state index in [1.165, 1.54) is 0 Å². The molecule has 0 radical (unpaired) electrons. The number of rotatable bonds is 8. The molecule has 1 aromatic rings. The van der Waals surface area contributed by atoms with Gasteiger partial charge in [-0.1, -0.05) is 13.8 Å². The van der Waals surface area contributed by atoms with Crippen LogP contribution in [-0.4, -0.2) is 73.3 Å². The van der Waals surface area contributed by atoms with Gasteiger partial charge in [-0.2, -0.15) is 0 Å². The van der Waals surface area contributed by atoms with Crippen LogP contribution in [0.1, 0.15) is 36.5 Å². The molecule has 1 fully saturated rings. The third kappa shape index (κ3) is 5.42. The average Bonchev–Trinajstić information content (AvgIpc) is 2.62. The lowest BCUT2D eigenvalue weighted by atomic mass is 10.3. The topological polar surface area (TPSA) is 70.6 Å². The summed E-state index contributed by atoms with van der Waals surface area (Å²) < 4.78 is 5.35. The zero-order valence-corrected chi connectivity index (χ0v) is 15.0. The minimum Gasteiger partial charge on any atom is -0.378 e. The maximum Gasteiger partial charge on any atom is 0.270 e. The zero-order valence-electron chi connectivity index (χ0n) is 15.0. The molecule has 2 rings (SSSR count). The van der Waals surface area contributed by atoms with Crippen LogP contribution in [0.2, 0.25) is 0 Å². The Morgan fingerprint density at radius 1 is 1.29 bits per heavy atom. The van der Waals surface area contributed by atoms with Gasteiger partial charge >= 0.3 is 0 Å². The van der Waals surface area contributed by atoms with Crippen molar-refractivity contribution < 1.29 is 9.53 Å². The molecule has 0 bridgehead atoms. The third-order valence-electron chi connectivity index (χ3n) is 4.20. The van der Waals surface area contributed by atoms with Crippen molar-refractivity contribution in [1.29, 1.82) is 0 Å². The molecule has 0 unspecified atom stereocenters. The summed E-state index contributed by atoms with van der Waals surface area (Å²) in [4.78, 5) is 25.7. The second-order valence-electron chi connectivity index (χ2n) is 5.93. The highest BCUT2D eigenvalue weighted by Crippen LogP contribution is 2.12. The highest BCUT2D eigenvalue weighted by atomic mass is 16.5. The maximum absolute atomic E-state index is 12.4. The molecular weight excluding hydrogens is 306 g/mol. The number of ether oxygens (including phenoxy) is 1. The van der Waals surface area contributed by atoms with Crippen molar-refractivity contribution in [3.63, 3.8) is 0 Å². The van der Waals surface area contributed by atoms with E-state index in [1.54, 1.807) is 6.07 Å². The van der Waals surface area contributed by atoms with E-state index in [9.17, 15) is 4.79 Å². The van der Waals surface area contributed by atoms with Gasteiger partial charge in [0.15, 0.2) is 0 Å². The summed E-state index contributed by atoms with van der Waals surface area (Å²) in [5, 5.41) is 2.96. The molecule has 0 aliphatic carbocycles. The summed E-state index contributed by atoms with van der Waals surface area (Å²) in [6.45, 7) is 12.8. The Balaban J connectivity index is 1.90. The Labute approximate surface area is 144 Å². The Morgan fingerprint density at radius 2 is 2.00 bits per heavy atom. The fourth-order valence-electron chi connectivity index (χ4n) is 2.71. The molecule has 0 saturated carbocycles. The van der Waals surface area contributed by atoms with E-state index in [4.69, 9.17) is 4.74 Å². The lowest BCUT2D eigenvalue weighted by molar-refractivity contribution is 0.0946. The Hall–Kier alpha value is -1.73. The van der Waals surface area contributed by atoms with Crippen molar-refractivity contribution in [2.75, 3.05) is 57.4 Å². The van der Waals surface area contributed by atoms with Crippen LogP contribution in [0.25, 0.3) is 0 Å². The first-order chi connectivity index (χ1) is 11.6. The van der Waals surface area contributed by atoms with Crippen molar-refractivity contribution >= 4 is 11.9 Å². The lowest BCUT2D eigenvalue weighted by Gasteiger charge is -2.27. The summed E-state index contributed by atoms with van der Waals surface area (Å²) >= 11 is 0. The van der Waals surface area contributed by atoms with Crippen LogP contribution in [-0.2, 0) is 4.74 Å². The van der Waals surface area contributed by atoms with Crippen LogP contribution < -0.4 is 10.2 Å². The summed E-state index contributed by atoms with van der Waals surface area (Å²) in [5.41, 5.74) is 1.24. The van der Waals surface area contributed by atoms with Crippen molar-refractivity contribution in [2.24, 2.45) is 0 Å². The van der Waals surface area contributed by atoms with E-state index in [0.717, 1.165) is 44.8 Å². The predicted octanol–water partition coefficient (Wildman–Crippen LogP) is 1.08. The van der Waals surface area contributed by atoms with E-state index in [2.05, 4.69) is 38.9 Å². The second-order valence-corrected chi connectivity index (χ2v) is 5.93. The molecule has 1 saturated heterocycles. The number of anilines is 1. The van der Waals surface area contributed by atoms with Crippen LogP contribution in [0.4, 0.5) is 5.95 Å². The minimum atomic E-state index is -0.130. The Bertz CT molecular complexity index is 528. The van der Waals surface area contributed by atoms with Crippen LogP contribution in [0.5, 0.6) is 0 Å². The minimum absolute atomic E-state index is 0.130. The maximum atomic E-state index is 12.4. The first-order valence-corrected chi connectivity index (χ1v) is 8.83. The van der Waals surface area contributed by atoms with Gasteiger partial charge in [-0.05, 0) is 39.0 Å². The molecule has 1 amide bonds. The van der Waals surface area contributed by atoms with Gasteiger partial charge in [-0.25, -0.2) is 9.97 Å². The lowest BCUT2D eigenvalue weighted by Crippen LogP contribution is -2.38.